The first-order chi connectivity index (χ1) is 16.9. The van der Waals surface area contributed by atoms with Crippen LogP contribution in [0.5, 0.6) is 5.75 Å². The number of rotatable bonds is 13. The van der Waals surface area contributed by atoms with E-state index < -0.39 is 23.5 Å². The second-order valence-corrected chi connectivity index (χ2v) is 7.59. The Bertz CT molecular complexity index is 1160. The van der Waals surface area contributed by atoms with Gasteiger partial charge in [0.15, 0.2) is 11.6 Å². The predicted octanol–water partition coefficient (Wildman–Crippen LogP) is 2.96. The van der Waals surface area contributed by atoms with Gasteiger partial charge in [0.25, 0.3) is 0 Å². The van der Waals surface area contributed by atoms with E-state index in [-0.39, 0.29) is 24.6 Å². The van der Waals surface area contributed by atoms with E-state index in [2.05, 4.69) is 20.6 Å². The van der Waals surface area contributed by atoms with Gasteiger partial charge in [-0.2, -0.15) is 4.98 Å². The molecule has 2 aromatic carbocycles. The highest BCUT2D eigenvalue weighted by Gasteiger charge is 2.19. The molecule has 184 valence electrons. The minimum atomic E-state index is -0.710. The van der Waals surface area contributed by atoms with Crippen LogP contribution in [0.15, 0.2) is 54.7 Å². The van der Waals surface area contributed by atoms with Gasteiger partial charge in [-0.15, -0.1) is 0 Å². The molecular formula is C24H27FN6O4. The lowest BCUT2D eigenvalue weighted by Crippen LogP contribution is -2.23. The summed E-state index contributed by atoms with van der Waals surface area (Å²) < 4.78 is 24.9. The van der Waals surface area contributed by atoms with Crippen LogP contribution in [0.2, 0.25) is 0 Å². The number of benzene rings is 2. The van der Waals surface area contributed by atoms with Gasteiger partial charge in [0, 0.05) is 24.9 Å². The number of nitrogens with two attached hydrogens (primary N) is 2. The molecule has 1 unspecified atom stereocenters. The number of methoxy groups -OCH3 is 1. The van der Waals surface area contributed by atoms with Gasteiger partial charge < -0.3 is 31.6 Å². The third-order valence-corrected chi connectivity index (χ3v) is 4.99. The van der Waals surface area contributed by atoms with Crippen molar-refractivity contribution in [2.24, 2.45) is 11.5 Å². The number of aromatic nitrogens is 2. The van der Waals surface area contributed by atoms with E-state index in [4.69, 9.17) is 20.9 Å². The zero-order valence-electron chi connectivity index (χ0n) is 19.2. The Balaban J connectivity index is 1.72. The first kappa shape index (κ1) is 25.4. The van der Waals surface area contributed by atoms with E-state index in [9.17, 15) is 14.0 Å². The van der Waals surface area contributed by atoms with Crippen molar-refractivity contribution in [2.75, 3.05) is 31.0 Å². The molecule has 0 radical (unpaired) electrons. The molecule has 0 aliphatic carbocycles. The average Bonchev–Trinajstić information content (AvgIpc) is 2.82. The maximum absolute atomic E-state index is 14.4. The lowest BCUT2D eigenvalue weighted by Gasteiger charge is -2.15. The van der Waals surface area contributed by atoms with Crippen LogP contribution in [0.3, 0.4) is 0 Å². The number of ether oxygens (including phenoxy) is 2. The molecule has 3 rings (SSSR count). The van der Waals surface area contributed by atoms with Gasteiger partial charge in [0.2, 0.25) is 17.8 Å². The van der Waals surface area contributed by atoms with Crippen LogP contribution in [0.1, 0.15) is 24.3 Å². The van der Waals surface area contributed by atoms with Crippen LogP contribution in [-0.2, 0) is 14.3 Å². The summed E-state index contributed by atoms with van der Waals surface area (Å²) in [5.74, 6) is -1.69. The first-order valence-electron chi connectivity index (χ1n) is 10.8. The van der Waals surface area contributed by atoms with Crippen molar-refractivity contribution in [1.29, 1.82) is 0 Å². The summed E-state index contributed by atoms with van der Waals surface area (Å²) in [6, 6.07) is 13.8. The molecule has 0 bridgehead atoms. The maximum atomic E-state index is 14.4. The molecule has 0 aliphatic heterocycles. The number of hydrogen-bond acceptors (Lipinski definition) is 8. The summed E-state index contributed by atoms with van der Waals surface area (Å²) >= 11 is 0. The van der Waals surface area contributed by atoms with Crippen molar-refractivity contribution in [3.8, 4) is 5.75 Å². The van der Waals surface area contributed by atoms with Crippen molar-refractivity contribution in [2.45, 2.75) is 18.8 Å². The molecule has 0 saturated carbocycles. The van der Waals surface area contributed by atoms with Gasteiger partial charge >= 0.3 is 0 Å². The fourth-order valence-corrected chi connectivity index (χ4v) is 3.25. The van der Waals surface area contributed by atoms with Crippen molar-refractivity contribution in [1.82, 2.24) is 9.97 Å². The third-order valence-electron chi connectivity index (χ3n) is 4.99. The summed E-state index contributed by atoms with van der Waals surface area (Å²) in [5.41, 5.74) is 12.4. The minimum absolute atomic E-state index is 0.0150. The fourth-order valence-electron chi connectivity index (χ4n) is 3.25. The summed E-state index contributed by atoms with van der Waals surface area (Å²) in [5, 5.41) is 5.90. The number of primary amides is 2. The Hall–Kier alpha value is -4.25. The van der Waals surface area contributed by atoms with E-state index in [0.717, 1.165) is 6.20 Å². The van der Waals surface area contributed by atoms with E-state index >= 15 is 0 Å². The van der Waals surface area contributed by atoms with Crippen LogP contribution >= 0.6 is 0 Å². The minimum Gasteiger partial charge on any atom is -0.491 e. The van der Waals surface area contributed by atoms with Crippen molar-refractivity contribution >= 4 is 35.0 Å². The molecule has 0 aliphatic rings. The van der Waals surface area contributed by atoms with Crippen LogP contribution in [-0.4, -0.2) is 42.1 Å². The molecule has 1 atom stereocenters. The quantitative estimate of drug-likeness (QED) is 0.271. The zero-order chi connectivity index (χ0) is 25.2. The molecule has 0 saturated heterocycles. The standard InChI is InChI=1S/C24H27FN6O4/c1-34-11-12-35-18-7-5-16(6-8-18)30-24-28-14-20(25)23(31-24)29-17-4-2-3-15(13-17)19(22(27)33)9-10-21(26)32/h2-8,13-14,19H,9-12H2,1H3,(H2,26,32)(H2,27,33)(H2,28,29,30,31). The molecule has 0 fully saturated rings. The molecule has 3 aromatic rings. The monoisotopic (exact) mass is 482 g/mol. The smallest absolute Gasteiger partial charge is 0.229 e. The number of anilines is 4. The number of carbonyl (C=O) groups is 2. The van der Waals surface area contributed by atoms with E-state index in [1.54, 1.807) is 55.6 Å². The van der Waals surface area contributed by atoms with Crippen molar-refractivity contribution < 1.29 is 23.5 Å². The Morgan fingerprint density at radius 3 is 2.51 bits per heavy atom. The maximum Gasteiger partial charge on any atom is 0.229 e. The fraction of sp³-hybridized carbons (Fsp3) is 0.250. The van der Waals surface area contributed by atoms with Gasteiger partial charge in [-0.1, -0.05) is 12.1 Å². The van der Waals surface area contributed by atoms with E-state index in [0.29, 0.717) is 35.9 Å². The molecular weight excluding hydrogens is 455 g/mol. The molecule has 1 heterocycles. The Labute approximate surface area is 201 Å². The highest BCUT2D eigenvalue weighted by Crippen LogP contribution is 2.26. The van der Waals surface area contributed by atoms with Gasteiger partial charge in [-0.05, 0) is 48.4 Å². The van der Waals surface area contributed by atoms with Crippen LogP contribution in [0.25, 0.3) is 0 Å². The predicted molar refractivity (Wildman–Crippen MR) is 129 cm³/mol. The van der Waals surface area contributed by atoms with Gasteiger partial charge in [0.1, 0.15) is 12.4 Å². The number of halogens is 1. The van der Waals surface area contributed by atoms with Crippen LogP contribution in [0, 0.1) is 5.82 Å². The lowest BCUT2D eigenvalue weighted by molar-refractivity contribution is -0.120. The number of amides is 2. The molecule has 1 aromatic heterocycles. The largest absolute Gasteiger partial charge is 0.491 e. The molecule has 11 heteroatoms. The van der Waals surface area contributed by atoms with E-state index in [1.807, 2.05) is 0 Å². The highest BCUT2D eigenvalue weighted by atomic mass is 19.1. The Morgan fingerprint density at radius 2 is 1.83 bits per heavy atom. The lowest BCUT2D eigenvalue weighted by atomic mass is 9.93. The van der Waals surface area contributed by atoms with Gasteiger partial charge in [-0.3, -0.25) is 9.59 Å². The van der Waals surface area contributed by atoms with Gasteiger partial charge in [-0.25, -0.2) is 9.37 Å². The van der Waals surface area contributed by atoms with Crippen LogP contribution in [0.4, 0.5) is 27.5 Å². The molecule has 35 heavy (non-hydrogen) atoms. The SMILES string of the molecule is COCCOc1ccc(Nc2ncc(F)c(Nc3cccc(C(CCC(N)=O)C(N)=O)c3)n2)cc1. The summed E-state index contributed by atoms with van der Waals surface area (Å²) in [7, 11) is 1.60. The second kappa shape index (κ2) is 12.3. The van der Waals surface area contributed by atoms with Crippen molar-refractivity contribution in [3.63, 3.8) is 0 Å². The van der Waals surface area contributed by atoms with E-state index in [1.165, 1.54) is 0 Å². The van der Waals surface area contributed by atoms with Crippen LogP contribution < -0.4 is 26.8 Å². The highest BCUT2D eigenvalue weighted by molar-refractivity contribution is 5.83. The summed E-state index contributed by atoms with van der Waals surface area (Å²) in [4.78, 5) is 31.2. The number of nitrogens with one attached hydrogen (secondary N) is 2. The third kappa shape index (κ3) is 7.64. The molecule has 10 nitrogen and oxygen atoms in total. The number of carbonyl (C=O) groups excluding carboxylic acids is 2. The first-order valence-corrected chi connectivity index (χ1v) is 10.8. The molecule has 2 amide bonds. The zero-order valence-corrected chi connectivity index (χ0v) is 19.2. The molecule has 0 spiro atoms. The van der Waals surface area contributed by atoms with Gasteiger partial charge in [0.05, 0.1) is 18.7 Å². The summed E-state index contributed by atoms with van der Waals surface area (Å²) in [6.07, 6.45) is 1.24. The Morgan fingerprint density at radius 1 is 1.06 bits per heavy atom. The van der Waals surface area contributed by atoms with Crippen molar-refractivity contribution in [3.05, 3.63) is 66.1 Å². The Kier molecular flexibility index (Phi) is 8.90. The molecule has 6 N–H and O–H groups in total. The normalized spacial score (nSPS) is 11.5. The topological polar surface area (TPSA) is 154 Å². The average molecular weight is 483 g/mol. The number of nitrogens with zero attached hydrogens (tertiary/aromatic N) is 2. The summed E-state index contributed by atoms with van der Waals surface area (Å²) in [6.45, 7) is 0.921. The second-order valence-electron chi connectivity index (χ2n) is 7.59. The number of hydrogen-bond donors (Lipinski definition) is 4.